The van der Waals surface area contributed by atoms with E-state index in [2.05, 4.69) is 27.5 Å². The third-order valence-corrected chi connectivity index (χ3v) is 5.57. The van der Waals surface area contributed by atoms with Gasteiger partial charge < -0.3 is 25.8 Å². The van der Waals surface area contributed by atoms with Gasteiger partial charge in [-0.2, -0.15) is 5.16 Å². The summed E-state index contributed by atoms with van der Waals surface area (Å²) in [5.74, 6) is -0.0124. The molecule has 0 aliphatic rings. The molecule has 4 aromatic carbocycles. The van der Waals surface area contributed by atoms with Gasteiger partial charge in [-0.05, 0) is 45.6 Å². The van der Waals surface area contributed by atoms with Crippen LogP contribution in [0.25, 0.3) is 27.0 Å². The van der Waals surface area contributed by atoms with Gasteiger partial charge in [0, 0.05) is 39.6 Å². The van der Waals surface area contributed by atoms with Gasteiger partial charge in [0.05, 0.1) is 6.54 Å². The van der Waals surface area contributed by atoms with Crippen molar-refractivity contribution in [1.82, 2.24) is 10.2 Å². The number of fused-ring (bicyclic) bond motifs is 2. The minimum Gasteiger partial charge on any atom is -0.872 e. The molecule has 212 valence electrons. The number of benzene rings is 4. The van der Waals surface area contributed by atoms with Crippen LogP contribution in [0.4, 0.5) is 0 Å². The number of hydrogen-bond acceptors (Lipinski definition) is 7. The van der Waals surface area contributed by atoms with Gasteiger partial charge in [-0.25, -0.2) is 0 Å². The van der Waals surface area contributed by atoms with Crippen molar-refractivity contribution < 1.29 is 32.1 Å². The molecule has 0 spiro atoms. The molecule has 41 heavy (non-hydrogen) atoms. The van der Waals surface area contributed by atoms with Crippen molar-refractivity contribution in [2.45, 2.75) is 6.42 Å². The second-order valence-electron chi connectivity index (χ2n) is 8.73. The first-order valence-corrected chi connectivity index (χ1v) is 13.0. The predicted octanol–water partition coefficient (Wildman–Crippen LogP) is 4.02. The minimum absolute atomic E-state index is 0. The Labute approximate surface area is 256 Å². The predicted molar refractivity (Wildman–Crippen MR) is 165 cm³/mol. The molecule has 10 heteroatoms. The molecule has 0 saturated heterocycles. The fourth-order valence-corrected chi connectivity index (χ4v) is 3.69. The maximum Gasteiger partial charge on any atom is 4.00 e. The fourth-order valence-electron chi connectivity index (χ4n) is 3.69. The summed E-state index contributed by atoms with van der Waals surface area (Å²) in [5.41, 5.74) is 1.29. The van der Waals surface area contributed by atoms with Gasteiger partial charge in [-0.3, -0.25) is 14.8 Å². The number of thiocarbonyl (C=S) groups is 1. The molecular weight excluding hydrogens is 578 g/mol. The van der Waals surface area contributed by atoms with Crippen LogP contribution in [0.1, 0.15) is 17.5 Å². The first-order valence-electron chi connectivity index (χ1n) is 12.6. The molecule has 1 amide bonds. The Balaban J connectivity index is 0.000000831. The fraction of sp³-hybridized carbons (Fsp3) is 0.226. The molecule has 1 N–H and O–H groups in total. The van der Waals surface area contributed by atoms with E-state index in [9.17, 15) is 15.0 Å². The Kier molecular flexibility index (Phi) is 17.2. The van der Waals surface area contributed by atoms with E-state index >= 15 is 0 Å². The quantitative estimate of drug-likeness (QED) is 0.0955. The molecule has 0 saturated carbocycles. The molecule has 4 rings (SSSR count). The summed E-state index contributed by atoms with van der Waals surface area (Å²) < 4.78 is 0. The summed E-state index contributed by atoms with van der Waals surface area (Å²) in [7, 11) is 3.38. The second kappa shape index (κ2) is 20.0. The molecule has 0 fully saturated rings. The standard InChI is InChI=1S/C27H27N3O2.C3H7NO.CNS.Fe/c31-26-12-10-20-6-1-3-8-22(20)24(26)18-29-15-5-14-28-16-17-30-19-25-23-9-4-2-7-21(23)11-13-27(25)32;1-4(2)3-5;2-1-3;/h1-4,6-13,18-19,28,31-32H,5,14-17H2;3H,1-2H3;;/q;;-1;+4/p-2. The van der Waals surface area contributed by atoms with E-state index in [1.165, 1.54) is 10.1 Å². The van der Waals surface area contributed by atoms with Crippen LogP contribution in [0.5, 0.6) is 11.5 Å². The molecule has 0 bridgehead atoms. The van der Waals surface area contributed by atoms with E-state index in [4.69, 9.17) is 5.41 Å². The Morgan fingerprint density at radius 1 is 0.829 bits per heavy atom. The number of amides is 1. The van der Waals surface area contributed by atoms with Gasteiger partial charge in [0.15, 0.2) is 0 Å². The number of nitrogens with one attached hydrogen (secondary N) is 1. The van der Waals surface area contributed by atoms with E-state index in [1.54, 1.807) is 38.7 Å². The molecule has 0 atom stereocenters. The van der Waals surface area contributed by atoms with Gasteiger partial charge >= 0.3 is 17.1 Å². The zero-order valence-electron chi connectivity index (χ0n) is 23.0. The van der Waals surface area contributed by atoms with Crippen LogP contribution in [-0.2, 0) is 21.9 Å². The van der Waals surface area contributed by atoms with Gasteiger partial charge in [0.2, 0.25) is 6.41 Å². The van der Waals surface area contributed by atoms with E-state index < -0.39 is 0 Å². The Bertz CT molecular complexity index is 1370. The maximum absolute atomic E-state index is 12.2. The molecule has 8 nitrogen and oxygen atoms in total. The SMILES string of the molecule is CN(C)C=O.[Fe+4].[N-]=C=S.[O-]c1ccc2ccccc2c1C=NCCCNCCN=Cc1c([O-])ccc2ccccc12. The van der Waals surface area contributed by atoms with Crippen LogP contribution in [0.3, 0.4) is 0 Å². The Morgan fingerprint density at radius 2 is 1.27 bits per heavy atom. The average Bonchev–Trinajstić information content (AvgIpc) is 2.96. The van der Waals surface area contributed by atoms with Crippen LogP contribution >= 0.6 is 12.2 Å². The third kappa shape index (κ3) is 12.0. The van der Waals surface area contributed by atoms with E-state index in [0.717, 1.165) is 47.5 Å². The number of isothiocyanates is 1. The van der Waals surface area contributed by atoms with E-state index in [1.807, 2.05) is 60.7 Å². The zero-order chi connectivity index (χ0) is 29.2. The summed E-state index contributed by atoms with van der Waals surface area (Å²) in [5, 5.41) is 40.1. The molecule has 0 radical (unpaired) electrons. The number of rotatable bonds is 10. The van der Waals surface area contributed by atoms with Crippen molar-refractivity contribution in [1.29, 1.82) is 0 Å². The Hall–Kier alpha value is -3.91. The number of aliphatic imine (C=N–C) groups is 2. The summed E-state index contributed by atoms with van der Waals surface area (Å²) in [6.07, 6.45) is 4.99. The monoisotopic (exact) mass is 610 g/mol. The van der Waals surface area contributed by atoms with Crippen molar-refractivity contribution in [3.05, 3.63) is 89.3 Å². The molecule has 0 aliphatic carbocycles. The largest absolute Gasteiger partial charge is 4.00 e. The topological polar surface area (TPSA) is 125 Å². The number of carbonyl (C=O) groups excluding carboxylic acids is 1. The third-order valence-electron chi connectivity index (χ3n) is 5.57. The van der Waals surface area contributed by atoms with Crippen molar-refractivity contribution in [3.63, 3.8) is 0 Å². The van der Waals surface area contributed by atoms with Gasteiger partial charge in [0.25, 0.3) is 0 Å². The molecule has 0 aliphatic heterocycles. The maximum atomic E-state index is 12.2. The molecule has 4 aromatic rings. The normalized spacial score (nSPS) is 10.3. The van der Waals surface area contributed by atoms with Crippen LogP contribution in [0.15, 0.2) is 82.8 Å². The van der Waals surface area contributed by atoms with Crippen molar-refractivity contribution in [3.8, 4) is 11.5 Å². The number of hydrogen-bond donors (Lipinski definition) is 1. The zero-order valence-corrected chi connectivity index (χ0v) is 24.9. The first kappa shape index (κ1) is 35.1. The summed E-state index contributed by atoms with van der Waals surface area (Å²) >= 11 is 3.70. The molecule has 0 aromatic heterocycles. The number of carbonyl (C=O) groups is 1. The second-order valence-corrected chi connectivity index (χ2v) is 8.91. The Morgan fingerprint density at radius 3 is 1.73 bits per heavy atom. The van der Waals surface area contributed by atoms with Crippen molar-refractivity contribution >= 4 is 57.8 Å². The number of nitrogens with zero attached hydrogens (tertiary/aromatic N) is 4. The van der Waals surface area contributed by atoms with E-state index in [-0.39, 0.29) is 28.6 Å². The van der Waals surface area contributed by atoms with Crippen LogP contribution in [0, 0.1) is 0 Å². The summed E-state index contributed by atoms with van der Waals surface area (Å²) in [4.78, 5) is 19.7. The summed E-state index contributed by atoms with van der Waals surface area (Å²) in [6.45, 7) is 2.79. The van der Waals surface area contributed by atoms with Crippen molar-refractivity contribution in [2.75, 3.05) is 40.3 Å². The van der Waals surface area contributed by atoms with Crippen molar-refractivity contribution in [2.24, 2.45) is 9.98 Å². The van der Waals surface area contributed by atoms with Crippen LogP contribution in [0.2, 0.25) is 0 Å². The molecular formula is C31H32FeN5O3S+. The van der Waals surface area contributed by atoms with Gasteiger partial charge in [-0.15, -0.1) is 0 Å². The average molecular weight is 611 g/mol. The molecule has 0 unspecified atom stereocenters. The first-order chi connectivity index (χ1) is 19.4. The summed E-state index contributed by atoms with van der Waals surface area (Å²) in [6, 6.07) is 22.6. The van der Waals surface area contributed by atoms with Crippen LogP contribution in [-0.4, -0.2) is 69.2 Å². The van der Waals surface area contributed by atoms with Crippen LogP contribution < -0.4 is 15.5 Å². The minimum atomic E-state index is -0.00861. The van der Waals surface area contributed by atoms with Gasteiger partial charge in [-0.1, -0.05) is 96.5 Å². The van der Waals surface area contributed by atoms with Gasteiger partial charge in [0.1, 0.15) is 0 Å². The van der Waals surface area contributed by atoms with E-state index in [0.29, 0.717) is 24.2 Å². The molecule has 0 heterocycles. The smallest absolute Gasteiger partial charge is 0.872 e.